The Balaban J connectivity index is 1.79. The van der Waals surface area contributed by atoms with Gasteiger partial charge in [-0.25, -0.2) is 8.42 Å². The third-order valence-corrected chi connectivity index (χ3v) is 8.81. The maximum absolute atomic E-state index is 13.6. The van der Waals surface area contributed by atoms with Gasteiger partial charge in [0.15, 0.2) is 0 Å². The molecule has 0 aliphatic heterocycles. The zero-order valence-corrected chi connectivity index (χ0v) is 24.9. The van der Waals surface area contributed by atoms with Crippen molar-refractivity contribution in [3.05, 3.63) is 64.7 Å². The van der Waals surface area contributed by atoms with Crippen LogP contribution in [0.3, 0.4) is 0 Å². The molecule has 1 N–H and O–H groups in total. The van der Waals surface area contributed by atoms with E-state index in [2.05, 4.69) is 5.32 Å². The summed E-state index contributed by atoms with van der Waals surface area (Å²) in [5, 5.41) is 3.54. The van der Waals surface area contributed by atoms with E-state index in [0.717, 1.165) is 60.9 Å². The van der Waals surface area contributed by atoms with Gasteiger partial charge in [0.05, 0.1) is 17.5 Å². The standard InChI is InChI=1S/C29H37ClF3N3O4S/c1-3-26(28(38)34-23-13-5-4-6-14-23)35(20-21-11-7-8-16-25(21)30)27(37)17-10-18-36(41(2,39)40)24-15-9-12-22(19-24)29(31,32)33/h7-9,11-12,15-16,19,23,26H,3-6,10,13-14,17-18,20H2,1-2H3,(H,34,38)/t26-/m0/s1. The highest BCUT2D eigenvalue weighted by atomic mass is 35.5. The molecule has 0 spiro atoms. The van der Waals surface area contributed by atoms with Crippen molar-refractivity contribution in [2.24, 2.45) is 0 Å². The second-order valence-corrected chi connectivity index (χ2v) is 12.7. The molecule has 0 heterocycles. The van der Waals surface area contributed by atoms with Crippen LogP contribution in [0.25, 0.3) is 0 Å². The van der Waals surface area contributed by atoms with Crippen molar-refractivity contribution >= 4 is 39.1 Å². The van der Waals surface area contributed by atoms with E-state index in [1.54, 1.807) is 24.3 Å². The van der Waals surface area contributed by atoms with E-state index in [-0.39, 0.29) is 49.5 Å². The number of carbonyl (C=O) groups excluding carboxylic acids is 2. The zero-order chi connectivity index (χ0) is 30.2. The first-order valence-corrected chi connectivity index (χ1v) is 16.0. The summed E-state index contributed by atoms with van der Waals surface area (Å²) in [6, 6.07) is 10.4. The highest BCUT2D eigenvalue weighted by molar-refractivity contribution is 7.92. The fourth-order valence-corrected chi connectivity index (χ4v) is 6.27. The number of amides is 2. The van der Waals surface area contributed by atoms with Crippen molar-refractivity contribution in [3.8, 4) is 0 Å². The van der Waals surface area contributed by atoms with E-state index in [0.29, 0.717) is 17.0 Å². The fraction of sp³-hybridized carbons (Fsp3) is 0.517. The molecule has 2 aromatic carbocycles. The molecule has 12 heteroatoms. The maximum Gasteiger partial charge on any atom is 0.416 e. The van der Waals surface area contributed by atoms with Gasteiger partial charge in [-0.3, -0.25) is 13.9 Å². The third-order valence-electron chi connectivity index (χ3n) is 7.25. The number of hydrogen-bond acceptors (Lipinski definition) is 4. The summed E-state index contributed by atoms with van der Waals surface area (Å²) in [6.07, 6.45) is 1.50. The monoisotopic (exact) mass is 615 g/mol. The van der Waals surface area contributed by atoms with Gasteiger partial charge in [-0.2, -0.15) is 13.2 Å². The molecule has 1 aliphatic carbocycles. The van der Waals surface area contributed by atoms with Gasteiger partial charge >= 0.3 is 6.18 Å². The Kier molecular flexibility index (Phi) is 11.5. The average Bonchev–Trinajstić information content (AvgIpc) is 2.91. The summed E-state index contributed by atoms with van der Waals surface area (Å²) in [5.41, 5.74) is -0.449. The van der Waals surface area contributed by atoms with E-state index < -0.39 is 27.8 Å². The number of benzene rings is 2. The molecule has 1 fully saturated rings. The lowest BCUT2D eigenvalue weighted by Gasteiger charge is -2.33. The molecular formula is C29H37ClF3N3O4S. The number of halogens is 4. The number of sulfonamides is 1. The molecule has 2 amide bonds. The van der Waals surface area contributed by atoms with Crippen molar-refractivity contribution in [1.82, 2.24) is 10.2 Å². The van der Waals surface area contributed by atoms with Crippen LogP contribution < -0.4 is 9.62 Å². The van der Waals surface area contributed by atoms with E-state index in [1.807, 2.05) is 6.92 Å². The molecular weight excluding hydrogens is 579 g/mol. The number of hydrogen-bond donors (Lipinski definition) is 1. The minimum absolute atomic E-state index is 0.0296. The van der Waals surface area contributed by atoms with Crippen LogP contribution in [0, 0.1) is 0 Å². The third kappa shape index (κ3) is 9.36. The fourth-order valence-electron chi connectivity index (χ4n) is 5.12. The number of nitrogens with one attached hydrogen (secondary N) is 1. The highest BCUT2D eigenvalue weighted by Gasteiger charge is 2.33. The summed E-state index contributed by atoms with van der Waals surface area (Å²) in [6.45, 7) is 1.69. The van der Waals surface area contributed by atoms with Gasteiger partial charge in [0, 0.05) is 30.6 Å². The van der Waals surface area contributed by atoms with Crippen LogP contribution >= 0.6 is 11.6 Å². The van der Waals surface area contributed by atoms with Gasteiger partial charge in [0.1, 0.15) is 6.04 Å². The first-order chi connectivity index (χ1) is 19.3. The van der Waals surface area contributed by atoms with E-state index in [1.165, 1.54) is 11.0 Å². The number of alkyl halides is 3. The predicted octanol–water partition coefficient (Wildman–Crippen LogP) is 6.16. The molecule has 226 valence electrons. The molecule has 0 bridgehead atoms. The van der Waals surface area contributed by atoms with Crippen LogP contribution in [-0.4, -0.2) is 50.0 Å². The molecule has 7 nitrogen and oxygen atoms in total. The minimum atomic E-state index is -4.64. The molecule has 0 radical (unpaired) electrons. The molecule has 3 rings (SSSR count). The molecule has 0 saturated heterocycles. The largest absolute Gasteiger partial charge is 0.416 e. The second kappa shape index (κ2) is 14.4. The zero-order valence-electron chi connectivity index (χ0n) is 23.3. The average molecular weight is 616 g/mol. The van der Waals surface area contributed by atoms with Gasteiger partial charge in [0.25, 0.3) is 0 Å². The molecule has 1 atom stereocenters. The highest BCUT2D eigenvalue weighted by Crippen LogP contribution is 2.32. The molecule has 1 saturated carbocycles. The lowest BCUT2D eigenvalue weighted by Crippen LogP contribution is -2.51. The number of anilines is 1. The summed E-state index contributed by atoms with van der Waals surface area (Å²) in [7, 11) is -3.94. The number of nitrogens with zero attached hydrogens (tertiary/aromatic N) is 2. The Labute approximate surface area is 245 Å². The Morgan fingerprint density at radius 3 is 2.37 bits per heavy atom. The Hall–Kier alpha value is -2.79. The van der Waals surface area contributed by atoms with Crippen LogP contribution in [0.2, 0.25) is 5.02 Å². The first-order valence-electron chi connectivity index (χ1n) is 13.8. The van der Waals surface area contributed by atoms with E-state index in [9.17, 15) is 31.2 Å². The topological polar surface area (TPSA) is 86.8 Å². The van der Waals surface area contributed by atoms with Crippen LogP contribution in [0.1, 0.15) is 69.4 Å². The predicted molar refractivity (Wildman–Crippen MR) is 154 cm³/mol. The molecule has 0 aromatic heterocycles. The maximum atomic E-state index is 13.6. The summed E-state index contributed by atoms with van der Waals surface area (Å²) >= 11 is 6.37. The smallest absolute Gasteiger partial charge is 0.352 e. The first kappa shape index (κ1) is 32.7. The van der Waals surface area contributed by atoms with Crippen LogP contribution in [0.4, 0.5) is 18.9 Å². The van der Waals surface area contributed by atoms with Crippen molar-refractivity contribution in [2.45, 2.75) is 83.1 Å². The van der Waals surface area contributed by atoms with Crippen LogP contribution in [0.5, 0.6) is 0 Å². The molecule has 1 aliphatic rings. The SMILES string of the molecule is CC[C@@H](C(=O)NC1CCCCC1)N(Cc1ccccc1Cl)C(=O)CCCN(c1cccc(C(F)(F)F)c1)S(C)(=O)=O. The Bertz CT molecular complexity index is 1300. The summed E-state index contributed by atoms with van der Waals surface area (Å²) in [5.74, 6) is -0.630. The Morgan fingerprint density at radius 2 is 1.76 bits per heavy atom. The normalized spacial score (nSPS) is 15.3. The van der Waals surface area contributed by atoms with Crippen molar-refractivity contribution in [2.75, 3.05) is 17.1 Å². The van der Waals surface area contributed by atoms with Crippen molar-refractivity contribution < 1.29 is 31.2 Å². The van der Waals surface area contributed by atoms with Gasteiger partial charge < -0.3 is 10.2 Å². The Morgan fingerprint density at radius 1 is 1.07 bits per heavy atom. The van der Waals surface area contributed by atoms with E-state index in [4.69, 9.17) is 11.6 Å². The second-order valence-electron chi connectivity index (χ2n) is 10.4. The van der Waals surface area contributed by atoms with Crippen molar-refractivity contribution in [1.29, 1.82) is 0 Å². The molecule has 41 heavy (non-hydrogen) atoms. The lowest BCUT2D eigenvalue weighted by atomic mass is 9.95. The summed E-state index contributed by atoms with van der Waals surface area (Å²) < 4.78 is 65.6. The minimum Gasteiger partial charge on any atom is -0.352 e. The molecule has 0 unspecified atom stereocenters. The molecule has 2 aromatic rings. The van der Waals surface area contributed by atoms with E-state index >= 15 is 0 Å². The van der Waals surface area contributed by atoms with Crippen LogP contribution in [0.15, 0.2) is 48.5 Å². The van der Waals surface area contributed by atoms with Gasteiger partial charge in [-0.05, 0) is 55.5 Å². The van der Waals surface area contributed by atoms with Crippen molar-refractivity contribution in [3.63, 3.8) is 0 Å². The lowest BCUT2D eigenvalue weighted by molar-refractivity contribution is -0.141. The van der Waals surface area contributed by atoms with Gasteiger partial charge in [-0.1, -0.05) is 62.1 Å². The van der Waals surface area contributed by atoms with Gasteiger partial charge in [-0.15, -0.1) is 0 Å². The van der Waals surface area contributed by atoms with Crippen LogP contribution in [-0.2, 0) is 32.3 Å². The number of carbonyl (C=O) groups is 2. The quantitative estimate of drug-likeness (QED) is 0.310. The number of rotatable bonds is 12. The van der Waals surface area contributed by atoms with Gasteiger partial charge in [0.2, 0.25) is 21.8 Å². The summed E-state index contributed by atoms with van der Waals surface area (Å²) in [4.78, 5) is 28.4.